The second-order valence-corrected chi connectivity index (χ2v) is 10.8. The molecular weight excluding hydrogens is 385 g/mol. The summed E-state index contributed by atoms with van der Waals surface area (Å²) < 4.78 is 8.69. The van der Waals surface area contributed by atoms with E-state index in [0.29, 0.717) is 0 Å². The van der Waals surface area contributed by atoms with Crippen LogP contribution >= 0.6 is 17.0 Å². The van der Waals surface area contributed by atoms with Gasteiger partial charge in [-0.1, -0.05) is 0 Å². The fraction of sp³-hybridized carbons (Fsp3) is 0.538. The van der Waals surface area contributed by atoms with Crippen LogP contribution in [0.4, 0.5) is 0 Å². The van der Waals surface area contributed by atoms with E-state index in [1.807, 2.05) is 0 Å². The third-order valence-corrected chi connectivity index (χ3v) is 8.98. The van der Waals surface area contributed by atoms with Crippen LogP contribution in [-0.4, -0.2) is 26.8 Å². The number of hydrogen-bond donors (Lipinski definition) is 1. The Hall–Kier alpha value is 0.419. The second-order valence-electron chi connectivity index (χ2n) is 4.00. The van der Waals surface area contributed by atoms with Gasteiger partial charge >= 0.3 is 107 Å². The van der Waals surface area contributed by atoms with Gasteiger partial charge in [-0.3, -0.25) is 0 Å². The molecule has 0 aliphatic carbocycles. The van der Waals surface area contributed by atoms with Crippen LogP contribution in [0.2, 0.25) is 4.44 Å². The van der Waals surface area contributed by atoms with E-state index >= 15 is 0 Å². The monoisotopic (exact) mass is 408 g/mol. The Bertz CT molecular complexity index is 320. The SMILES string of the molecule is Br.CCC[O][Sn]([CH2]C)[c]1ccccc1C(C)N. The van der Waals surface area contributed by atoms with E-state index in [9.17, 15) is 0 Å². The first kappa shape index (κ1) is 17.4. The molecule has 97 valence electrons. The van der Waals surface area contributed by atoms with Crippen LogP contribution in [0.3, 0.4) is 0 Å². The zero-order valence-corrected chi connectivity index (χ0v) is 15.5. The van der Waals surface area contributed by atoms with Crippen molar-refractivity contribution in [1.82, 2.24) is 0 Å². The topological polar surface area (TPSA) is 35.2 Å². The third kappa shape index (κ3) is 5.28. The first-order chi connectivity index (χ1) is 7.70. The van der Waals surface area contributed by atoms with Crippen LogP contribution in [0.15, 0.2) is 24.3 Å². The van der Waals surface area contributed by atoms with Crippen molar-refractivity contribution in [2.45, 2.75) is 37.7 Å². The van der Waals surface area contributed by atoms with Crippen molar-refractivity contribution in [3.8, 4) is 0 Å². The Balaban J connectivity index is 0.00000256. The molecule has 0 spiro atoms. The average Bonchev–Trinajstić information content (AvgIpc) is 2.30. The fourth-order valence-electron chi connectivity index (χ4n) is 1.74. The van der Waals surface area contributed by atoms with Crippen molar-refractivity contribution in [2.75, 3.05) is 6.61 Å². The zero-order valence-electron chi connectivity index (χ0n) is 10.9. The summed E-state index contributed by atoms with van der Waals surface area (Å²) in [4.78, 5) is 0. The molecule has 1 atom stereocenters. The van der Waals surface area contributed by atoms with Gasteiger partial charge in [-0.25, -0.2) is 0 Å². The van der Waals surface area contributed by atoms with Crippen molar-refractivity contribution in [1.29, 1.82) is 0 Å². The number of halogens is 1. The summed E-state index contributed by atoms with van der Waals surface area (Å²) in [5.41, 5.74) is 7.30. The van der Waals surface area contributed by atoms with Gasteiger partial charge in [-0.2, -0.15) is 0 Å². The first-order valence-corrected chi connectivity index (χ1v) is 10.6. The molecule has 0 saturated heterocycles. The van der Waals surface area contributed by atoms with Crippen molar-refractivity contribution >= 4 is 40.7 Å². The van der Waals surface area contributed by atoms with Gasteiger partial charge in [0.15, 0.2) is 0 Å². The van der Waals surface area contributed by atoms with Crippen LogP contribution in [0, 0.1) is 0 Å². The molecule has 0 saturated carbocycles. The van der Waals surface area contributed by atoms with Gasteiger partial charge in [-0.15, -0.1) is 17.0 Å². The van der Waals surface area contributed by atoms with Gasteiger partial charge in [0.05, 0.1) is 0 Å². The number of hydrogen-bond acceptors (Lipinski definition) is 2. The molecule has 0 bridgehead atoms. The van der Waals surface area contributed by atoms with E-state index in [0.717, 1.165) is 13.0 Å². The summed E-state index contributed by atoms with van der Waals surface area (Å²) in [5, 5.41) is 0. The quantitative estimate of drug-likeness (QED) is 0.736. The minimum absolute atomic E-state index is 0. The summed E-state index contributed by atoms with van der Waals surface area (Å²) in [6.45, 7) is 7.35. The van der Waals surface area contributed by atoms with E-state index in [-0.39, 0.29) is 23.0 Å². The maximum atomic E-state index is 6.06. The Labute approximate surface area is 123 Å². The van der Waals surface area contributed by atoms with Gasteiger partial charge in [0.1, 0.15) is 0 Å². The Morgan fingerprint density at radius 1 is 1.29 bits per heavy atom. The van der Waals surface area contributed by atoms with Crippen molar-refractivity contribution in [3.63, 3.8) is 0 Å². The predicted octanol–water partition coefficient (Wildman–Crippen LogP) is 2.93. The average molecular weight is 408 g/mol. The number of rotatable bonds is 6. The Morgan fingerprint density at radius 3 is 2.47 bits per heavy atom. The minimum atomic E-state index is -1.87. The molecule has 1 aromatic carbocycles. The van der Waals surface area contributed by atoms with Gasteiger partial charge in [0.25, 0.3) is 0 Å². The van der Waals surface area contributed by atoms with Crippen LogP contribution in [0.1, 0.15) is 38.8 Å². The standard InChI is InChI=1S/C8H10N.C3H7O.C2H5.BrH.Sn/c1-7(9)8-5-3-2-4-6-8;1-2-3-4;1-2;;/h2-5,7H,9H2,1H3;2-3H2,1H3;1H2,2H3;1H;/q;-1;;;+1. The Kier molecular flexibility index (Phi) is 9.59. The van der Waals surface area contributed by atoms with E-state index in [1.54, 1.807) is 0 Å². The van der Waals surface area contributed by atoms with E-state index in [2.05, 4.69) is 45.0 Å². The third-order valence-electron chi connectivity index (χ3n) is 2.55. The first-order valence-electron chi connectivity index (χ1n) is 6.04. The molecule has 0 aliphatic rings. The van der Waals surface area contributed by atoms with Crippen molar-refractivity contribution < 1.29 is 3.07 Å². The van der Waals surface area contributed by atoms with Crippen molar-refractivity contribution in [3.05, 3.63) is 29.8 Å². The van der Waals surface area contributed by atoms with Gasteiger partial charge in [-0.05, 0) is 0 Å². The van der Waals surface area contributed by atoms with Crippen LogP contribution in [0.5, 0.6) is 0 Å². The van der Waals surface area contributed by atoms with Crippen LogP contribution in [0.25, 0.3) is 0 Å². The maximum absolute atomic E-state index is 6.06. The van der Waals surface area contributed by atoms with E-state index in [4.69, 9.17) is 8.81 Å². The fourth-order valence-corrected chi connectivity index (χ4v) is 7.75. The summed E-state index contributed by atoms with van der Waals surface area (Å²) in [6.07, 6.45) is 1.10. The number of nitrogens with two attached hydrogens (primary N) is 1. The molecule has 0 aromatic heterocycles. The second kappa shape index (κ2) is 9.36. The summed E-state index contributed by atoms with van der Waals surface area (Å²) in [7, 11) is 0. The summed E-state index contributed by atoms with van der Waals surface area (Å²) in [6, 6.07) is 8.65. The molecule has 1 aromatic rings. The predicted molar refractivity (Wildman–Crippen MR) is 81.5 cm³/mol. The summed E-state index contributed by atoms with van der Waals surface area (Å²) >= 11 is -1.87. The molecule has 0 amide bonds. The number of benzene rings is 1. The molecule has 17 heavy (non-hydrogen) atoms. The van der Waals surface area contributed by atoms with Gasteiger partial charge in [0, 0.05) is 0 Å². The molecule has 2 N–H and O–H groups in total. The molecule has 0 aliphatic heterocycles. The summed E-state index contributed by atoms with van der Waals surface area (Å²) in [5.74, 6) is 0. The van der Waals surface area contributed by atoms with E-state index < -0.39 is 20.2 Å². The molecule has 2 nitrogen and oxygen atoms in total. The zero-order chi connectivity index (χ0) is 12.0. The van der Waals surface area contributed by atoms with Crippen LogP contribution < -0.4 is 9.31 Å². The molecule has 1 unspecified atom stereocenters. The van der Waals surface area contributed by atoms with Gasteiger partial charge in [0.2, 0.25) is 0 Å². The molecule has 0 heterocycles. The molecule has 1 rings (SSSR count). The Morgan fingerprint density at radius 2 is 1.94 bits per heavy atom. The van der Waals surface area contributed by atoms with Crippen molar-refractivity contribution in [2.24, 2.45) is 5.73 Å². The molecular formula is C13H23BrNOSn. The normalized spacial score (nSPS) is 12.3. The van der Waals surface area contributed by atoms with Gasteiger partial charge < -0.3 is 0 Å². The molecule has 0 fully saturated rings. The molecule has 1 radical (unpaired) electrons. The van der Waals surface area contributed by atoms with Crippen LogP contribution in [-0.2, 0) is 3.07 Å². The molecule has 4 heteroatoms. The van der Waals surface area contributed by atoms with E-state index in [1.165, 1.54) is 13.6 Å².